The molecule has 10 rings (SSSR count). The Bertz CT molecular complexity index is 2910. The number of nitrogens with zero attached hydrogens (tertiary/aromatic N) is 2. The van der Waals surface area contributed by atoms with Gasteiger partial charge in [-0.3, -0.25) is 0 Å². The van der Waals surface area contributed by atoms with Gasteiger partial charge in [-0.1, -0.05) is 188 Å². The first-order valence-corrected chi connectivity index (χ1v) is 19.7. The third-order valence-electron chi connectivity index (χ3n) is 10.8. The van der Waals surface area contributed by atoms with Crippen LogP contribution in [0.5, 0.6) is 0 Å². The van der Waals surface area contributed by atoms with E-state index in [0.717, 1.165) is 67.3 Å². The highest BCUT2D eigenvalue weighted by atomic mass is 14.7. The zero-order valence-corrected chi connectivity index (χ0v) is 31.8. The summed E-state index contributed by atoms with van der Waals surface area (Å²) >= 11 is 0. The van der Waals surface area contributed by atoms with Crippen molar-refractivity contribution in [1.29, 1.82) is 0 Å². The summed E-state index contributed by atoms with van der Waals surface area (Å²) in [5.74, 6) is 0. The number of rotatable bonds is 8. The summed E-state index contributed by atoms with van der Waals surface area (Å²) in [6.07, 6.45) is 0. The maximum atomic E-state index is 5.11. The van der Waals surface area contributed by atoms with Crippen molar-refractivity contribution in [2.75, 3.05) is 0 Å². The van der Waals surface area contributed by atoms with Gasteiger partial charge in [0.2, 0.25) is 0 Å². The second-order valence-corrected chi connectivity index (χ2v) is 14.6. The largest absolute Gasteiger partial charge is 0.248 e. The van der Waals surface area contributed by atoms with E-state index in [4.69, 9.17) is 9.97 Å². The highest BCUT2D eigenvalue weighted by Crippen LogP contribution is 2.37. The second kappa shape index (κ2) is 15.5. The smallest absolute Gasteiger partial charge is 0.0715 e. The minimum absolute atomic E-state index is 0.960. The highest BCUT2D eigenvalue weighted by Gasteiger charge is 2.13. The van der Waals surface area contributed by atoms with Crippen LogP contribution in [0.25, 0.3) is 100 Å². The van der Waals surface area contributed by atoms with E-state index in [1.807, 2.05) is 24.3 Å². The molecule has 0 unspecified atom stereocenters. The van der Waals surface area contributed by atoms with Crippen molar-refractivity contribution in [3.63, 3.8) is 0 Å². The predicted molar refractivity (Wildman–Crippen MR) is 243 cm³/mol. The van der Waals surface area contributed by atoms with Crippen molar-refractivity contribution < 1.29 is 0 Å². The van der Waals surface area contributed by atoms with Crippen molar-refractivity contribution in [2.45, 2.75) is 0 Å². The minimum Gasteiger partial charge on any atom is -0.248 e. The highest BCUT2D eigenvalue weighted by molar-refractivity contribution is 5.99. The van der Waals surface area contributed by atoms with Gasteiger partial charge in [0.25, 0.3) is 0 Å². The van der Waals surface area contributed by atoms with Crippen LogP contribution >= 0.6 is 0 Å². The molecule has 10 aromatic rings. The van der Waals surface area contributed by atoms with Gasteiger partial charge in [0.05, 0.1) is 22.8 Å². The van der Waals surface area contributed by atoms with E-state index in [0.29, 0.717) is 0 Å². The summed E-state index contributed by atoms with van der Waals surface area (Å²) in [6.45, 7) is 0. The normalized spacial score (nSPS) is 11.1. The molecule has 0 N–H and O–H groups in total. The molecule has 0 bridgehead atoms. The molecule has 0 amide bonds. The molecule has 0 aliphatic heterocycles. The van der Waals surface area contributed by atoms with Crippen LogP contribution in [-0.2, 0) is 0 Å². The second-order valence-electron chi connectivity index (χ2n) is 14.6. The van der Waals surface area contributed by atoms with Crippen molar-refractivity contribution in [3.05, 3.63) is 231 Å². The molecule has 0 spiro atoms. The Kier molecular flexibility index (Phi) is 9.27. The number of benzene rings is 8. The summed E-state index contributed by atoms with van der Waals surface area (Å²) in [7, 11) is 0. The number of hydrogen-bond donors (Lipinski definition) is 0. The molecular formula is C56H38N2. The van der Waals surface area contributed by atoms with Crippen LogP contribution in [0.1, 0.15) is 0 Å². The fraction of sp³-hybridized carbons (Fsp3) is 0. The number of fused-ring (bicyclic) bond motifs is 1. The number of hydrogen-bond acceptors (Lipinski definition) is 2. The van der Waals surface area contributed by atoms with E-state index in [1.165, 1.54) is 33.0 Å². The van der Waals surface area contributed by atoms with Crippen LogP contribution in [0.2, 0.25) is 0 Å². The van der Waals surface area contributed by atoms with E-state index in [2.05, 4.69) is 206 Å². The van der Waals surface area contributed by atoms with Crippen LogP contribution in [0.3, 0.4) is 0 Å². The first-order chi connectivity index (χ1) is 28.7. The molecule has 0 saturated heterocycles. The van der Waals surface area contributed by atoms with Gasteiger partial charge in [-0.15, -0.1) is 0 Å². The van der Waals surface area contributed by atoms with Gasteiger partial charge in [-0.2, -0.15) is 0 Å². The molecule has 272 valence electrons. The Balaban J connectivity index is 1.01. The molecule has 0 aliphatic rings. The average molecular weight is 739 g/mol. The molecule has 2 heterocycles. The van der Waals surface area contributed by atoms with Crippen molar-refractivity contribution in [2.24, 2.45) is 0 Å². The minimum atomic E-state index is 0.960. The van der Waals surface area contributed by atoms with Gasteiger partial charge < -0.3 is 0 Å². The topological polar surface area (TPSA) is 25.8 Å². The van der Waals surface area contributed by atoms with Gasteiger partial charge in [-0.25, -0.2) is 9.97 Å². The van der Waals surface area contributed by atoms with E-state index in [1.54, 1.807) is 0 Å². The first kappa shape index (κ1) is 34.8. The number of aromatic nitrogens is 2. The molecule has 8 aromatic carbocycles. The lowest BCUT2D eigenvalue weighted by Crippen LogP contribution is -1.91. The van der Waals surface area contributed by atoms with Crippen molar-refractivity contribution in [3.8, 4) is 89.5 Å². The Morgan fingerprint density at radius 1 is 0.207 bits per heavy atom. The van der Waals surface area contributed by atoms with Gasteiger partial charge in [0.15, 0.2) is 0 Å². The molecule has 0 aliphatic carbocycles. The molecule has 2 nitrogen and oxygen atoms in total. The van der Waals surface area contributed by atoms with Crippen molar-refractivity contribution >= 4 is 10.8 Å². The average Bonchev–Trinajstić information content (AvgIpc) is 3.32. The fourth-order valence-electron chi connectivity index (χ4n) is 7.88. The van der Waals surface area contributed by atoms with Crippen molar-refractivity contribution in [1.82, 2.24) is 9.97 Å². The number of pyridine rings is 2. The lowest BCUT2D eigenvalue weighted by atomic mass is 9.92. The summed E-state index contributed by atoms with van der Waals surface area (Å²) in [5, 5.41) is 2.42. The van der Waals surface area contributed by atoms with Gasteiger partial charge in [0, 0.05) is 22.3 Å². The van der Waals surface area contributed by atoms with E-state index in [-0.39, 0.29) is 0 Å². The SMILES string of the molecule is c1ccc(-c2cc(-c3cccc(-c4ccc5c(-c6cccc(-c7cc(-c8ccccc8)nc(-c8ccccc8)c7)c6)cccc5c4)c3)cc(-c3ccccc3)n2)cc1. The fourth-order valence-corrected chi connectivity index (χ4v) is 7.88. The van der Waals surface area contributed by atoms with Crippen LogP contribution < -0.4 is 0 Å². The summed E-state index contributed by atoms with van der Waals surface area (Å²) in [4.78, 5) is 10.2. The lowest BCUT2D eigenvalue weighted by molar-refractivity contribution is 1.32. The van der Waals surface area contributed by atoms with Crippen LogP contribution in [0.15, 0.2) is 231 Å². The maximum Gasteiger partial charge on any atom is 0.0715 e. The summed E-state index contributed by atoms with van der Waals surface area (Å²) in [5.41, 5.74) is 17.6. The Hall–Kier alpha value is -7.68. The van der Waals surface area contributed by atoms with Crippen LogP contribution in [-0.4, -0.2) is 9.97 Å². The lowest BCUT2D eigenvalue weighted by Gasteiger charge is -2.13. The van der Waals surface area contributed by atoms with E-state index in [9.17, 15) is 0 Å². The molecule has 0 fully saturated rings. The van der Waals surface area contributed by atoms with E-state index < -0.39 is 0 Å². The van der Waals surface area contributed by atoms with Gasteiger partial charge >= 0.3 is 0 Å². The quantitative estimate of drug-likeness (QED) is 0.155. The molecule has 0 radical (unpaired) electrons. The molecule has 58 heavy (non-hydrogen) atoms. The monoisotopic (exact) mass is 738 g/mol. The van der Waals surface area contributed by atoms with E-state index >= 15 is 0 Å². The zero-order valence-electron chi connectivity index (χ0n) is 31.8. The maximum absolute atomic E-state index is 5.11. The molecule has 0 atom stereocenters. The molecule has 0 saturated carbocycles. The Morgan fingerprint density at radius 2 is 0.552 bits per heavy atom. The molecular weight excluding hydrogens is 701 g/mol. The third-order valence-corrected chi connectivity index (χ3v) is 10.8. The summed E-state index contributed by atoms with van der Waals surface area (Å²) in [6, 6.07) is 81.8. The van der Waals surface area contributed by atoms with Crippen LogP contribution in [0, 0.1) is 0 Å². The van der Waals surface area contributed by atoms with Gasteiger partial charge in [-0.05, 0) is 97.7 Å². The Morgan fingerprint density at radius 3 is 1.00 bits per heavy atom. The molecule has 2 heteroatoms. The Labute approximate surface area is 339 Å². The first-order valence-electron chi connectivity index (χ1n) is 19.7. The van der Waals surface area contributed by atoms with Gasteiger partial charge in [0.1, 0.15) is 0 Å². The summed E-state index contributed by atoms with van der Waals surface area (Å²) < 4.78 is 0. The molecule has 2 aromatic heterocycles. The van der Waals surface area contributed by atoms with Crippen LogP contribution in [0.4, 0.5) is 0 Å². The zero-order chi connectivity index (χ0) is 38.7. The third kappa shape index (κ3) is 7.11. The standard InChI is InChI=1S/C56H38N2/c1-5-16-39(17-6-1)53-35-49(36-54(57-53)40-18-7-2-8-19-40)44-25-13-24-43(32-44)46-30-31-52-48(34-46)28-15-29-51(52)47-27-14-26-45(33-47)50-37-55(41-20-9-3-10-21-41)58-56(38-50)42-22-11-4-12-23-42/h1-38H. The predicted octanol–water partition coefficient (Wildman–Crippen LogP) is 15.0.